The quantitative estimate of drug-likeness (QED) is 0.0190. The minimum atomic E-state index is -1.94. The second kappa shape index (κ2) is 28.7. The molecule has 0 spiro atoms. The number of H-pyrrole nitrogens is 1. The summed E-state index contributed by atoms with van der Waals surface area (Å²) in [7, 11) is 0. The number of nitrogens with zero attached hydrogens (tertiary/aromatic N) is 2. The van der Waals surface area contributed by atoms with Gasteiger partial charge in [-0.2, -0.15) is 0 Å². The summed E-state index contributed by atoms with van der Waals surface area (Å²) >= 11 is 0. The van der Waals surface area contributed by atoms with E-state index in [0.29, 0.717) is 5.56 Å². The zero-order valence-electron chi connectivity index (χ0n) is 37.1. The highest BCUT2D eigenvalue weighted by atomic mass is 16.4. The van der Waals surface area contributed by atoms with Gasteiger partial charge in [0.25, 0.3) is 0 Å². The molecule has 0 fully saturated rings. The molecule has 69 heavy (non-hydrogen) atoms. The zero-order valence-corrected chi connectivity index (χ0v) is 37.1. The Bertz CT molecular complexity index is 2150. The van der Waals surface area contributed by atoms with Crippen LogP contribution in [-0.2, 0) is 65.6 Å². The molecule has 0 aliphatic rings. The van der Waals surface area contributed by atoms with Gasteiger partial charge in [-0.15, -0.1) is 0 Å². The number of nitrogens with two attached hydrogens (primary N) is 3. The topological polar surface area (TPSA) is 492 Å². The number of aliphatic carboxylic acids is 4. The molecule has 378 valence electrons. The SMILES string of the molecule is CC(NC(=O)C(N)CC(=O)O)C(=O)NC(CCC(=O)O)C(=O)NC(Cc1ccccc1)C(=O)NC(CCCN=C(N)N)C(=O)NC(Cc1cnc[nH]1)C(=O)NC(CC(=O)O)C(=O)NC(CO)C(=O)O. The molecule has 1 heterocycles. The first-order valence-corrected chi connectivity index (χ1v) is 20.9. The average Bonchev–Trinajstić information content (AvgIpc) is 3.79. The Kier molecular flexibility index (Phi) is 23.7. The lowest BCUT2D eigenvalue weighted by Gasteiger charge is -2.27. The van der Waals surface area contributed by atoms with Gasteiger partial charge in [-0.1, -0.05) is 30.3 Å². The summed E-state index contributed by atoms with van der Waals surface area (Å²) in [5, 5.41) is 62.5. The molecular weight excluding hydrogens is 919 g/mol. The van der Waals surface area contributed by atoms with Crippen LogP contribution < -0.4 is 54.4 Å². The number of benzene rings is 1. The van der Waals surface area contributed by atoms with Crippen molar-refractivity contribution in [3.8, 4) is 0 Å². The zero-order chi connectivity index (χ0) is 51.8. The molecule has 0 bridgehead atoms. The third-order valence-electron chi connectivity index (χ3n) is 9.68. The molecule has 2 rings (SSSR count). The molecule has 0 aliphatic heterocycles. The molecule has 7 amide bonds. The molecule has 19 N–H and O–H groups in total. The smallest absolute Gasteiger partial charge is 0.328 e. The van der Waals surface area contributed by atoms with Gasteiger partial charge >= 0.3 is 23.9 Å². The van der Waals surface area contributed by atoms with Crippen molar-refractivity contribution in [3.63, 3.8) is 0 Å². The van der Waals surface area contributed by atoms with E-state index in [1.165, 1.54) is 19.4 Å². The number of aromatic amines is 1. The number of amides is 7. The maximum atomic E-state index is 14.3. The largest absolute Gasteiger partial charge is 0.481 e. The lowest BCUT2D eigenvalue weighted by atomic mass is 10.0. The summed E-state index contributed by atoms with van der Waals surface area (Å²) < 4.78 is 0. The lowest BCUT2D eigenvalue weighted by molar-refractivity contribution is -0.144. The van der Waals surface area contributed by atoms with E-state index in [1.807, 2.05) is 5.32 Å². The number of rotatable bonds is 31. The van der Waals surface area contributed by atoms with E-state index < -0.39 is 146 Å². The van der Waals surface area contributed by atoms with Crippen molar-refractivity contribution in [1.29, 1.82) is 0 Å². The van der Waals surface area contributed by atoms with Crippen LogP contribution in [0, 0.1) is 0 Å². The van der Waals surface area contributed by atoms with Crippen LogP contribution in [0.5, 0.6) is 0 Å². The fraction of sp³-hybridized carbons (Fsp3) is 0.475. The first-order valence-electron chi connectivity index (χ1n) is 20.9. The van der Waals surface area contributed by atoms with Crippen molar-refractivity contribution < 1.29 is 78.3 Å². The summed E-state index contributed by atoms with van der Waals surface area (Å²) in [6.45, 7) is 0.0217. The van der Waals surface area contributed by atoms with Crippen LogP contribution in [0.4, 0.5) is 0 Å². The number of aliphatic hydroxyl groups is 1. The number of carboxylic acids is 4. The Morgan fingerprint density at radius 3 is 1.65 bits per heavy atom. The second-order valence-electron chi connectivity index (χ2n) is 15.3. The molecule has 8 atom stereocenters. The Balaban J connectivity index is 2.51. The van der Waals surface area contributed by atoms with E-state index in [2.05, 4.69) is 46.9 Å². The fourth-order valence-electron chi connectivity index (χ4n) is 6.09. The molecular formula is C40H57N13O16. The molecule has 29 nitrogen and oxygen atoms in total. The van der Waals surface area contributed by atoms with E-state index >= 15 is 0 Å². The second-order valence-corrected chi connectivity index (χ2v) is 15.3. The Morgan fingerprint density at radius 2 is 1.13 bits per heavy atom. The van der Waals surface area contributed by atoms with Gasteiger partial charge in [-0.3, -0.25) is 52.9 Å². The summed E-state index contributed by atoms with van der Waals surface area (Å²) in [6.07, 6.45) is -1.39. The molecule has 1 aromatic carbocycles. The van der Waals surface area contributed by atoms with Crippen LogP contribution in [0.3, 0.4) is 0 Å². The summed E-state index contributed by atoms with van der Waals surface area (Å²) in [5.41, 5.74) is 17.2. The summed E-state index contributed by atoms with van der Waals surface area (Å²) in [4.78, 5) is 151. The van der Waals surface area contributed by atoms with Crippen molar-refractivity contribution in [2.75, 3.05) is 13.2 Å². The van der Waals surface area contributed by atoms with Gasteiger partial charge in [0, 0.05) is 37.7 Å². The van der Waals surface area contributed by atoms with E-state index in [4.69, 9.17) is 22.3 Å². The first-order chi connectivity index (χ1) is 32.5. The van der Waals surface area contributed by atoms with Crippen molar-refractivity contribution in [1.82, 2.24) is 47.2 Å². The highest BCUT2D eigenvalue weighted by Gasteiger charge is 2.35. The predicted molar refractivity (Wildman–Crippen MR) is 236 cm³/mol. The Morgan fingerprint density at radius 1 is 0.623 bits per heavy atom. The number of aromatic nitrogens is 2. The monoisotopic (exact) mass is 975 g/mol. The minimum Gasteiger partial charge on any atom is -0.481 e. The number of carbonyl (C=O) groups is 11. The summed E-state index contributed by atoms with van der Waals surface area (Å²) in [5.74, 6) is -14.0. The van der Waals surface area contributed by atoms with Crippen LogP contribution in [0.2, 0.25) is 0 Å². The van der Waals surface area contributed by atoms with Gasteiger partial charge in [0.15, 0.2) is 5.96 Å². The molecule has 2 aromatic rings. The number of hydrogen-bond donors (Lipinski definition) is 16. The number of imidazole rings is 1. The van der Waals surface area contributed by atoms with E-state index in [0.717, 1.165) is 0 Å². The van der Waals surface area contributed by atoms with Gasteiger partial charge in [0.05, 0.1) is 31.8 Å². The maximum Gasteiger partial charge on any atom is 0.328 e. The number of aliphatic imine (C=N–C) groups is 1. The Labute approximate surface area is 392 Å². The van der Waals surface area contributed by atoms with Crippen LogP contribution in [0.25, 0.3) is 0 Å². The average molecular weight is 976 g/mol. The highest BCUT2D eigenvalue weighted by molar-refractivity contribution is 5.98. The number of carboxylic acid groups (broad SMARTS) is 4. The van der Waals surface area contributed by atoms with Gasteiger partial charge in [-0.25, -0.2) is 9.78 Å². The van der Waals surface area contributed by atoms with E-state index in [-0.39, 0.29) is 43.9 Å². The van der Waals surface area contributed by atoms with E-state index in [9.17, 15) is 73.2 Å². The van der Waals surface area contributed by atoms with Crippen LogP contribution in [0.1, 0.15) is 56.7 Å². The molecule has 8 unspecified atom stereocenters. The molecule has 0 saturated carbocycles. The Hall–Kier alpha value is -8.21. The fourth-order valence-corrected chi connectivity index (χ4v) is 6.09. The van der Waals surface area contributed by atoms with Gasteiger partial charge in [-0.05, 0) is 31.7 Å². The maximum absolute atomic E-state index is 14.3. The molecule has 29 heteroatoms. The summed E-state index contributed by atoms with van der Waals surface area (Å²) in [6, 6.07) is -5.15. The lowest BCUT2D eigenvalue weighted by Crippen LogP contribution is -2.60. The molecule has 0 saturated heterocycles. The standard InChI is InChI=1S/C40H57N13O16/c1-19(47-33(62)22(41)14-30(57)58)32(61)48-24(9-10-29(55)56)35(64)50-25(12-20-6-3-2-4-7-20)36(65)49-23(8-5-11-45-40(42)43)34(63)51-26(13-21-16-44-18-46-21)37(66)52-27(15-31(59)60)38(67)53-28(17-54)39(68)69/h2-4,6-7,16,18-19,22-28,54H,5,8-15,17,41H2,1H3,(H,44,46)(H,47,62)(H,48,61)(H,49,65)(H,50,64)(H,51,63)(H,52,66)(H,53,67)(H,55,56)(H,57,58)(H,59,60)(H,68,69)(H4,42,43,45). The number of guanidine groups is 1. The van der Waals surface area contributed by atoms with Gasteiger partial charge in [0.2, 0.25) is 41.4 Å². The third-order valence-corrected chi connectivity index (χ3v) is 9.68. The van der Waals surface area contributed by atoms with Gasteiger partial charge < -0.3 is 84.9 Å². The van der Waals surface area contributed by atoms with Crippen LogP contribution in [0.15, 0.2) is 47.8 Å². The highest BCUT2D eigenvalue weighted by Crippen LogP contribution is 2.10. The minimum absolute atomic E-state index is 0.0130. The van der Waals surface area contributed by atoms with Crippen LogP contribution in [-0.4, -0.2) is 168 Å². The number of aliphatic hydroxyl groups excluding tert-OH is 1. The number of hydrogen-bond acceptors (Lipinski definition) is 15. The van der Waals surface area contributed by atoms with Crippen molar-refractivity contribution >= 4 is 71.2 Å². The number of carbonyl (C=O) groups excluding carboxylic acids is 7. The normalized spacial score (nSPS) is 14.2. The predicted octanol–water partition coefficient (Wildman–Crippen LogP) is -6.12. The third kappa shape index (κ3) is 21.3. The molecule has 0 aliphatic carbocycles. The van der Waals surface area contributed by atoms with Crippen molar-refractivity contribution in [2.24, 2.45) is 22.2 Å². The number of nitrogens with one attached hydrogen (secondary N) is 8. The molecule has 1 aromatic heterocycles. The first kappa shape index (κ1) is 56.9. The molecule has 0 radical (unpaired) electrons. The van der Waals surface area contributed by atoms with Crippen molar-refractivity contribution in [2.45, 2.75) is 107 Å². The van der Waals surface area contributed by atoms with E-state index in [1.54, 1.807) is 30.3 Å². The van der Waals surface area contributed by atoms with Gasteiger partial charge in [0.1, 0.15) is 42.3 Å². The van der Waals surface area contributed by atoms with Crippen LogP contribution >= 0.6 is 0 Å². The van der Waals surface area contributed by atoms with Crippen molar-refractivity contribution in [3.05, 3.63) is 54.1 Å².